The third-order valence-corrected chi connectivity index (χ3v) is 7.99. The summed E-state index contributed by atoms with van der Waals surface area (Å²) in [4.78, 5) is 31.7. The second kappa shape index (κ2) is 9.75. The van der Waals surface area contributed by atoms with Crippen LogP contribution in [0.4, 0.5) is 0 Å². The Hall–Kier alpha value is -1.54. The molecule has 9 heteroatoms. The molecule has 1 spiro atoms. The fourth-order valence-corrected chi connectivity index (χ4v) is 5.76. The molecule has 3 heterocycles. The molecule has 176 valence electrons. The van der Waals surface area contributed by atoms with Gasteiger partial charge in [0.05, 0.1) is 17.1 Å². The van der Waals surface area contributed by atoms with Crippen molar-refractivity contribution < 1.29 is 19.8 Å². The molecule has 1 aromatic rings. The predicted octanol–water partition coefficient (Wildman–Crippen LogP) is 2.86. The summed E-state index contributed by atoms with van der Waals surface area (Å²) < 4.78 is 0. The molecule has 0 aromatic heterocycles. The average molecular weight is 484 g/mol. The van der Waals surface area contributed by atoms with Crippen molar-refractivity contribution >= 4 is 35.0 Å². The number of amides is 2. The van der Waals surface area contributed by atoms with Crippen molar-refractivity contribution in [1.29, 1.82) is 0 Å². The first-order valence-electron chi connectivity index (χ1n) is 11.4. The first kappa shape index (κ1) is 23.6. The van der Waals surface area contributed by atoms with E-state index in [4.69, 9.17) is 23.2 Å². The third kappa shape index (κ3) is 5.01. The van der Waals surface area contributed by atoms with E-state index in [0.29, 0.717) is 43.7 Å². The SMILES string of the molecule is O=C(CN1CCC(CO)CC1)N1CCC2(CC1)CCN(C(=O)c1cc(Cl)cc(Cl)c1O)C2. The standard InChI is InChI=1S/C23H31Cl2N3O4/c24-17-11-18(21(31)19(25)12-17)22(32)28-10-5-23(15-28)3-8-27(9-4-23)20(30)13-26-6-1-16(14-29)2-7-26/h11-12,16,29,31H,1-10,13-15H2. The Bertz CT molecular complexity index is 865. The zero-order chi connectivity index (χ0) is 22.9. The highest BCUT2D eigenvalue weighted by Crippen LogP contribution is 2.42. The van der Waals surface area contributed by atoms with Gasteiger partial charge >= 0.3 is 0 Å². The van der Waals surface area contributed by atoms with Crippen molar-refractivity contribution in [3.63, 3.8) is 0 Å². The molecular formula is C23H31Cl2N3O4. The van der Waals surface area contributed by atoms with Crippen LogP contribution >= 0.6 is 23.2 Å². The lowest BCUT2D eigenvalue weighted by Gasteiger charge is -2.40. The number of likely N-dealkylation sites (tertiary alicyclic amines) is 3. The van der Waals surface area contributed by atoms with E-state index < -0.39 is 0 Å². The van der Waals surface area contributed by atoms with Crippen LogP contribution in [0.15, 0.2) is 12.1 Å². The molecular weight excluding hydrogens is 453 g/mol. The molecule has 0 aliphatic carbocycles. The smallest absolute Gasteiger partial charge is 0.257 e. The quantitative estimate of drug-likeness (QED) is 0.687. The molecule has 0 saturated carbocycles. The number of carbonyl (C=O) groups excluding carboxylic acids is 2. The minimum Gasteiger partial charge on any atom is -0.506 e. The Kier molecular flexibility index (Phi) is 7.20. The van der Waals surface area contributed by atoms with Crippen molar-refractivity contribution in [3.05, 3.63) is 27.7 Å². The van der Waals surface area contributed by atoms with Crippen LogP contribution in [0, 0.1) is 11.3 Å². The summed E-state index contributed by atoms with van der Waals surface area (Å²) >= 11 is 12.0. The average Bonchev–Trinajstić information content (AvgIpc) is 3.20. The van der Waals surface area contributed by atoms with E-state index in [0.717, 1.165) is 45.2 Å². The van der Waals surface area contributed by atoms with Crippen LogP contribution in [0.3, 0.4) is 0 Å². The molecule has 4 rings (SSSR count). The van der Waals surface area contributed by atoms with Crippen LogP contribution < -0.4 is 0 Å². The van der Waals surface area contributed by atoms with Crippen molar-refractivity contribution in [2.45, 2.75) is 32.1 Å². The van der Waals surface area contributed by atoms with Gasteiger partial charge in [0.25, 0.3) is 5.91 Å². The van der Waals surface area contributed by atoms with E-state index in [2.05, 4.69) is 4.90 Å². The van der Waals surface area contributed by atoms with Crippen LogP contribution in [0.2, 0.25) is 10.0 Å². The molecule has 3 aliphatic rings. The number of phenolic OH excluding ortho intramolecular Hbond substituents is 1. The van der Waals surface area contributed by atoms with Gasteiger partial charge in [0.1, 0.15) is 5.75 Å². The number of aromatic hydroxyl groups is 1. The fraction of sp³-hybridized carbons (Fsp3) is 0.652. The van der Waals surface area contributed by atoms with Gasteiger partial charge in [-0.2, -0.15) is 0 Å². The summed E-state index contributed by atoms with van der Waals surface area (Å²) in [5.74, 6) is 0.0554. The molecule has 0 atom stereocenters. The molecule has 7 nitrogen and oxygen atoms in total. The van der Waals surface area contributed by atoms with Crippen LogP contribution in [0.1, 0.15) is 42.5 Å². The van der Waals surface area contributed by atoms with E-state index in [1.807, 2.05) is 4.90 Å². The minimum absolute atomic E-state index is 0.0178. The number of hydrogen-bond acceptors (Lipinski definition) is 5. The molecule has 3 fully saturated rings. The highest BCUT2D eigenvalue weighted by Gasteiger charge is 2.43. The lowest BCUT2D eigenvalue weighted by Crippen LogP contribution is -2.49. The maximum atomic E-state index is 13.0. The minimum atomic E-state index is -0.256. The second-order valence-corrected chi connectivity index (χ2v) is 10.4. The van der Waals surface area contributed by atoms with E-state index in [1.165, 1.54) is 12.1 Å². The van der Waals surface area contributed by atoms with Crippen LogP contribution in [-0.4, -0.2) is 89.1 Å². The monoisotopic (exact) mass is 483 g/mol. The highest BCUT2D eigenvalue weighted by atomic mass is 35.5. The number of benzene rings is 1. The van der Waals surface area contributed by atoms with Crippen LogP contribution in [0.5, 0.6) is 5.75 Å². The fourth-order valence-electron chi connectivity index (χ4n) is 5.26. The third-order valence-electron chi connectivity index (χ3n) is 7.49. The number of aliphatic hydroxyl groups excluding tert-OH is 1. The molecule has 0 radical (unpaired) electrons. The Morgan fingerprint density at radius 1 is 1.00 bits per heavy atom. The number of halogens is 2. The Morgan fingerprint density at radius 2 is 1.62 bits per heavy atom. The first-order valence-corrected chi connectivity index (χ1v) is 12.1. The van der Waals surface area contributed by atoms with Gasteiger partial charge in [0.15, 0.2) is 0 Å². The molecule has 2 N–H and O–H groups in total. The van der Waals surface area contributed by atoms with E-state index >= 15 is 0 Å². The van der Waals surface area contributed by atoms with Gasteiger partial charge in [-0.3, -0.25) is 14.5 Å². The van der Waals surface area contributed by atoms with Crippen LogP contribution in [-0.2, 0) is 4.79 Å². The molecule has 1 aromatic carbocycles. The summed E-state index contributed by atoms with van der Waals surface area (Å²) in [6.07, 6.45) is 4.54. The van der Waals surface area contributed by atoms with Crippen LogP contribution in [0.25, 0.3) is 0 Å². The van der Waals surface area contributed by atoms with E-state index in [1.54, 1.807) is 4.90 Å². The maximum absolute atomic E-state index is 13.0. The molecule has 2 amide bonds. The van der Waals surface area contributed by atoms with Gasteiger partial charge in [-0.1, -0.05) is 23.2 Å². The number of rotatable bonds is 4. The normalized spacial score (nSPS) is 22.0. The topological polar surface area (TPSA) is 84.3 Å². The molecule has 3 saturated heterocycles. The maximum Gasteiger partial charge on any atom is 0.257 e. The number of piperidine rings is 2. The van der Waals surface area contributed by atoms with Gasteiger partial charge in [0, 0.05) is 37.8 Å². The first-order chi connectivity index (χ1) is 15.3. The Balaban J connectivity index is 1.30. The van der Waals surface area contributed by atoms with Gasteiger partial charge < -0.3 is 20.0 Å². The number of nitrogens with zero attached hydrogens (tertiary/aromatic N) is 3. The Labute approximate surface area is 198 Å². The summed E-state index contributed by atoms with van der Waals surface area (Å²) in [5, 5.41) is 19.9. The largest absolute Gasteiger partial charge is 0.506 e. The van der Waals surface area contributed by atoms with Gasteiger partial charge in [0.2, 0.25) is 5.91 Å². The van der Waals surface area contributed by atoms with Crippen molar-refractivity contribution in [1.82, 2.24) is 14.7 Å². The molecule has 0 bridgehead atoms. The van der Waals surface area contributed by atoms with Gasteiger partial charge in [-0.05, 0) is 68.7 Å². The zero-order valence-corrected chi connectivity index (χ0v) is 19.7. The lowest BCUT2D eigenvalue weighted by atomic mass is 9.77. The van der Waals surface area contributed by atoms with Crippen molar-refractivity contribution in [2.24, 2.45) is 11.3 Å². The summed E-state index contributed by atoms with van der Waals surface area (Å²) in [6, 6.07) is 2.88. The summed E-state index contributed by atoms with van der Waals surface area (Å²) in [6.45, 7) is 5.08. The van der Waals surface area contributed by atoms with Crippen molar-refractivity contribution in [3.8, 4) is 5.75 Å². The van der Waals surface area contributed by atoms with E-state index in [-0.39, 0.29) is 40.2 Å². The van der Waals surface area contributed by atoms with Gasteiger partial charge in [-0.25, -0.2) is 0 Å². The highest BCUT2D eigenvalue weighted by molar-refractivity contribution is 6.36. The Morgan fingerprint density at radius 3 is 2.25 bits per heavy atom. The molecule has 3 aliphatic heterocycles. The molecule has 32 heavy (non-hydrogen) atoms. The number of phenols is 1. The predicted molar refractivity (Wildman–Crippen MR) is 123 cm³/mol. The van der Waals surface area contributed by atoms with E-state index in [9.17, 15) is 19.8 Å². The number of carbonyl (C=O) groups is 2. The van der Waals surface area contributed by atoms with Crippen molar-refractivity contribution in [2.75, 3.05) is 52.4 Å². The lowest BCUT2D eigenvalue weighted by molar-refractivity contribution is -0.135. The second-order valence-electron chi connectivity index (χ2n) is 9.54. The zero-order valence-electron chi connectivity index (χ0n) is 18.2. The molecule has 0 unspecified atom stereocenters. The summed E-state index contributed by atoms with van der Waals surface area (Å²) in [5.41, 5.74) is 0.154. The van der Waals surface area contributed by atoms with Gasteiger partial charge in [-0.15, -0.1) is 0 Å². The number of aliphatic hydroxyl groups is 1. The number of hydrogen-bond donors (Lipinski definition) is 2. The summed E-state index contributed by atoms with van der Waals surface area (Å²) in [7, 11) is 0.